The van der Waals surface area contributed by atoms with Crippen molar-refractivity contribution in [3.05, 3.63) is 43.7 Å². The highest BCUT2D eigenvalue weighted by atomic mass is 127. The first-order chi connectivity index (χ1) is 29.0. The van der Waals surface area contributed by atoms with E-state index in [0.717, 1.165) is 9.80 Å². The molecule has 2 aromatic carbocycles. The predicted octanol–water partition coefficient (Wildman–Crippen LogP) is 0.879. The van der Waals surface area contributed by atoms with Crippen LogP contribution in [0.3, 0.4) is 0 Å². The third-order valence-corrected chi connectivity index (χ3v) is 15.3. The van der Waals surface area contributed by atoms with Gasteiger partial charge in [0, 0.05) is 65.2 Å². The lowest BCUT2D eigenvalue weighted by Gasteiger charge is -2.32. The number of ketones is 2. The Morgan fingerprint density at radius 3 is 1.03 bits per heavy atom. The number of aliphatic hydroxyl groups excluding tert-OH is 9. The average molecular weight is 1550 g/mol. The maximum atomic E-state index is 13.8. The average Bonchev–Trinajstić information content (AvgIpc) is 3.21. The molecule has 0 spiro atoms. The Kier molecular flexibility index (Phi) is 25.6. The van der Waals surface area contributed by atoms with Gasteiger partial charge >= 0.3 is 0 Å². The number of aliphatic hydroxyl groups is 9. The molecule has 25 heteroatoms. The molecule has 11 N–H and O–H groups in total. The van der Waals surface area contributed by atoms with Gasteiger partial charge in [0.2, 0.25) is 11.8 Å². The van der Waals surface area contributed by atoms with Gasteiger partial charge in [0.15, 0.2) is 11.6 Å². The lowest BCUT2D eigenvalue weighted by atomic mass is 10.00. The number of amides is 4. The summed E-state index contributed by atoms with van der Waals surface area (Å²) in [6, 6.07) is 0. The van der Waals surface area contributed by atoms with Gasteiger partial charge < -0.3 is 66.4 Å². The number of benzene rings is 2. The number of Topliss-reactive ketones (excluding diaryl/α,β-unsaturated/α-hetero) is 2. The summed E-state index contributed by atoms with van der Waals surface area (Å²) in [4.78, 5) is 84.2. The standard InChI is InChI=1S/C37H46I6N4O15/c1-15(52)46(34-30(40)24(22(59)5-3-17(54)11-48)28(38)26(32(34)42)36(61)44-7-19(56)13-50)9-21(58)10-47(16(2)53)35-31(41)25(23(60)6-4-18(55)12-49)29(39)27(33(35)43)37(62)45-8-20(57)14-51/h17-21,48-51,54-58H,3-14H2,1-2H3,(H,44,61)(H,45,62). The minimum Gasteiger partial charge on any atom is -0.394 e. The molecule has 4 amide bonds. The molecule has 0 saturated heterocycles. The first-order valence-electron chi connectivity index (χ1n) is 18.4. The lowest BCUT2D eigenvalue weighted by molar-refractivity contribution is -0.117. The van der Waals surface area contributed by atoms with Crippen LogP contribution >= 0.6 is 136 Å². The Hall–Kier alpha value is -0.320. The molecule has 0 aliphatic carbocycles. The summed E-state index contributed by atoms with van der Waals surface area (Å²) in [5, 5.41) is 93.9. The van der Waals surface area contributed by atoms with E-state index in [9.17, 15) is 74.7 Å². The monoisotopic (exact) mass is 1550 g/mol. The van der Waals surface area contributed by atoms with Crippen molar-refractivity contribution < 1.29 is 74.7 Å². The molecule has 0 aliphatic rings. The van der Waals surface area contributed by atoms with Crippen LogP contribution in [0.25, 0.3) is 0 Å². The van der Waals surface area contributed by atoms with E-state index in [0.29, 0.717) is 0 Å². The number of anilines is 2. The van der Waals surface area contributed by atoms with Gasteiger partial charge in [0.1, 0.15) is 0 Å². The van der Waals surface area contributed by atoms with Gasteiger partial charge in [-0.25, -0.2) is 0 Å². The van der Waals surface area contributed by atoms with Gasteiger partial charge in [-0.15, -0.1) is 0 Å². The van der Waals surface area contributed by atoms with Crippen molar-refractivity contribution in [1.29, 1.82) is 0 Å². The Morgan fingerprint density at radius 2 is 0.758 bits per heavy atom. The van der Waals surface area contributed by atoms with Crippen molar-refractivity contribution in [1.82, 2.24) is 10.6 Å². The first-order valence-corrected chi connectivity index (χ1v) is 24.9. The molecular weight excluding hydrogens is 1500 g/mol. The van der Waals surface area contributed by atoms with Crippen LogP contribution in [-0.4, -0.2) is 164 Å². The molecule has 0 radical (unpaired) electrons. The topological polar surface area (TPSA) is 315 Å². The Bertz CT molecular complexity index is 1750. The fourth-order valence-corrected chi connectivity index (χ4v) is 15.3. The summed E-state index contributed by atoms with van der Waals surface area (Å²) in [6.45, 7) is -2.01. The maximum Gasteiger partial charge on any atom is 0.253 e. The summed E-state index contributed by atoms with van der Waals surface area (Å²) < 4.78 is 1.02. The van der Waals surface area contributed by atoms with Crippen molar-refractivity contribution in [3.8, 4) is 0 Å². The summed E-state index contributed by atoms with van der Waals surface area (Å²) >= 11 is 10.9. The lowest BCUT2D eigenvalue weighted by Crippen LogP contribution is -2.45. The maximum absolute atomic E-state index is 13.8. The van der Waals surface area contributed by atoms with Crippen LogP contribution in [0.1, 0.15) is 81.0 Å². The smallest absolute Gasteiger partial charge is 0.253 e. The number of carbonyl (C=O) groups excluding carboxylic acids is 6. The predicted molar refractivity (Wildman–Crippen MR) is 275 cm³/mol. The Labute approximate surface area is 438 Å². The van der Waals surface area contributed by atoms with Gasteiger partial charge in [-0.05, 0) is 148 Å². The van der Waals surface area contributed by atoms with Gasteiger partial charge in [-0.1, -0.05) is 0 Å². The van der Waals surface area contributed by atoms with Crippen molar-refractivity contribution in [2.75, 3.05) is 62.4 Å². The number of rotatable bonds is 24. The highest BCUT2D eigenvalue weighted by molar-refractivity contribution is 14.1. The Balaban J connectivity index is 2.84. The van der Waals surface area contributed by atoms with Crippen LogP contribution in [0, 0.1) is 21.4 Å². The largest absolute Gasteiger partial charge is 0.394 e. The van der Waals surface area contributed by atoms with Crippen LogP contribution in [-0.2, 0) is 9.59 Å². The molecule has 2 aromatic rings. The molecule has 0 bridgehead atoms. The zero-order valence-corrected chi connectivity index (χ0v) is 46.0. The molecule has 346 valence electrons. The van der Waals surface area contributed by atoms with Crippen LogP contribution in [0.5, 0.6) is 0 Å². The second-order valence-corrected chi connectivity index (χ2v) is 20.2. The second-order valence-electron chi connectivity index (χ2n) is 13.7. The number of hydrogen-bond acceptors (Lipinski definition) is 15. The number of halogens is 6. The summed E-state index contributed by atoms with van der Waals surface area (Å²) in [5.74, 6) is -3.97. The zero-order chi connectivity index (χ0) is 47.3. The highest BCUT2D eigenvalue weighted by Gasteiger charge is 2.35. The number of nitrogens with zero attached hydrogens (tertiary/aromatic N) is 2. The van der Waals surface area contributed by atoms with Crippen LogP contribution < -0.4 is 20.4 Å². The molecule has 2 rings (SSSR count). The fourth-order valence-electron chi connectivity index (χ4n) is 5.65. The quantitative estimate of drug-likeness (QED) is 0.0514. The van der Waals surface area contributed by atoms with E-state index in [1.807, 2.05) is 90.4 Å². The van der Waals surface area contributed by atoms with Gasteiger partial charge in [0.25, 0.3) is 11.8 Å². The second kappa shape index (κ2) is 27.5. The first kappa shape index (κ1) is 57.8. The van der Waals surface area contributed by atoms with E-state index in [2.05, 4.69) is 10.6 Å². The summed E-state index contributed by atoms with van der Waals surface area (Å²) in [6.07, 6.45) is -7.46. The molecule has 19 nitrogen and oxygen atoms in total. The summed E-state index contributed by atoms with van der Waals surface area (Å²) in [5.41, 5.74) is -0.0935. The number of nitrogens with one attached hydrogen (secondary N) is 2. The van der Waals surface area contributed by atoms with E-state index < -0.39 is 105 Å². The SMILES string of the molecule is CC(=O)N(CC(O)CN(C(C)=O)c1c(I)c(C(=O)CCC(O)CO)c(I)c(C(=O)NCC(O)CO)c1I)c1c(I)c(C(=O)CCC(O)CO)c(I)c(C(=O)NCC(O)CO)c1I. The van der Waals surface area contributed by atoms with Gasteiger partial charge in [-0.3, -0.25) is 28.8 Å². The minimum atomic E-state index is -1.59. The van der Waals surface area contributed by atoms with Crippen molar-refractivity contribution in [3.63, 3.8) is 0 Å². The molecule has 0 saturated carbocycles. The molecule has 0 aliphatic heterocycles. The van der Waals surface area contributed by atoms with Crippen LogP contribution in [0.15, 0.2) is 0 Å². The zero-order valence-electron chi connectivity index (χ0n) is 33.0. The molecule has 0 heterocycles. The fraction of sp³-hybridized carbons (Fsp3) is 0.514. The molecular formula is C37H46I6N4O15. The van der Waals surface area contributed by atoms with Gasteiger partial charge in [-0.2, -0.15) is 0 Å². The van der Waals surface area contributed by atoms with E-state index in [1.165, 1.54) is 13.8 Å². The molecule has 4 unspecified atom stereocenters. The third kappa shape index (κ3) is 15.4. The highest BCUT2D eigenvalue weighted by Crippen LogP contribution is 2.41. The molecule has 4 atom stereocenters. The number of hydrogen-bond donors (Lipinski definition) is 11. The third-order valence-electron chi connectivity index (χ3n) is 8.93. The molecule has 62 heavy (non-hydrogen) atoms. The van der Waals surface area contributed by atoms with E-state index in [4.69, 9.17) is 0 Å². The van der Waals surface area contributed by atoms with Crippen molar-refractivity contribution in [2.45, 2.75) is 70.1 Å². The normalized spacial score (nSPS) is 13.8. The van der Waals surface area contributed by atoms with Crippen LogP contribution in [0.2, 0.25) is 0 Å². The van der Waals surface area contributed by atoms with E-state index >= 15 is 0 Å². The van der Waals surface area contributed by atoms with Crippen molar-refractivity contribution >= 4 is 182 Å². The summed E-state index contributed by atoms with van der Waals surface area (Å²) in [7, 11) is 0. The number of carbonyl (C=O) groups is 6. The minimum absolute atomic E-state index is 0.00488. The van der Waals surface area contributed by atoms with Gasteiger partial charge in [0.05, 0.1) is 99.7 Å². The van der Waals surface area contributed by atoms with E-state index in [-0.39, 0.29) is 93.8 Å². The molecule has 0 aromatic heterocycles. The van der Waals surface area contributed by atoms with Crippen molar-refractivity contribution in [2.24, 2.45) is 0 Å². The Morgan fingerprint density at radius 1 is 0.468 bits per heavy atom. The van der Waals surface area contributed by atoms with Crippen LogP contribution in [0.4, 0.5) is 11.4 Å². The molecule has 0 fully saturated rings. The van der Waals surface area contributed by atoms with E-state index in [1.54, 1.807) is 45.2 Å².